The number of carboxylic acids is 1. The molecule has 12 heteroatoms. The van der Waals surface area contributed by atoms with E-state index < -0.39 is 29.3 Å². The molecule has 7 rings (SSSR count). The van der Waals surface area contributed by atoms with Gasteiger partial charge < -0.3 is 33.6 Å². The van der Waals surface area contributed by atoms with Crippen molar-refractivity contribution in [3.05, 3.63) is 117 Å². The third kappa shape index (κ3) is 6.35. The Morgan fingerprint density at radius 1 is 0.942 bits per heavy atom. The average molecular weight is 722 g/mol. The van der Waals surface area contributed by atoms with Gasteiger partial charge in [0.25, 0.3) is 0 Å². The third-order valence-corrected chi connectivity index (χ3v) is 10.5. The number of aliphatic hydroxyl groups is 1. The van der Waals surface area contributed by atoms with E-state index in [1.165, 1.54) is 42.8 Å². The fourth-order valence-corrected chi connectivity index (χ4v) is 8.12. The van der Waals surface area contributed by atoms with E-state index in [2.05, 4.69) is 0 Å². The first-order chi connectivity index (χ1) is 25.1. The molecule has 0 aromatic heterocycles. The number of hydrogen-bond acceptors (Lipinski definition) is 10. The van der Waals surface area contributed by atoms with Crippen LogP contribution in [0.1, 0.15) is 18.1 Å². The summed E-state index contributed by atoms with van der Waals surface area (Å²) in [6.07, 6.45) is 2.42. The van der Waals surface area contributed by atoms with E-state index in [9.17, 15) is 24.6 Å². The molecule has 3 atom stereocenters. The minimum atomic E-state index is -1.20. The zero-order chi connectivity index (χ0) is 36.7. The van der Waals surface area contributed by atoms with Crippen LogP contribution in [0.3, 0.4) is 0 Å². The number of hydrogen-bond donors (Lipinski definition) is 2. The first-order valence-electron chi connectivity index (χ1n) is 16.5. The molecule has 3 heterocycles. The van der Waals surface area contributed by atoms with Crippen molar-refractivity contribution < 1.29 is 43.2 Å². The van der Waals surface area contributed by atoms with E-state index in [1.54, 1.807) is 31.4 Å². The normalized spacial score (nSPS) is 17.4. The van der Waals surface area contributed by atoms with Crippen LogP contribution in [0.5, 0.6) is 23.0 Å². The smallest absolute Gasteiger partial charge is 0.353 e. The van der Waals surface area contributed by atoms with E-state index in [4.69, 9.17) is 23.4 Å². The topological polar surface area (TPSA) is 145 Å². The number of nitrogens with zero attached hydrogens (tertiary/aromatic N) is 1. The van der Waals surface area contributed by atoms with Crippen molar-refractivity contribution in [1.29, 1.82) is 0 Å². The average Bonchev–Trinajstić information content (AvgIpc) is 3.45. The van der Waals surface area contributed by atoms with Gasteiger partial charge in [0.1, 0.15) is 47.1 Å². The highest BCUT2D eigenvalue weighted by Gasteiger charge is 2.57. The maximum atomic E-state index is 12.4. The van der Waals surface area contributed by atoms with E-state index >= 15 is 0 Å². The van der Waals surface area contributed by atoms with Crippen molar-refractivity contribution in [2.24, 2.45) is 5.92 Å². The fraction of sp³-hybridized carbons (Fsp3) is 0.225. The predicted molar refractivity (Wildman–Crippen MR) is 196 cm³/mol. The number of carbonyl (C=O) groups excluding carboxylic acids is 1. The van der Waals surface area contributed by atoms with E-state index in [1.807, 2.05) is 55.5 Å². The lowest BCUT2D eigenvalue weighted by atomic mass is 9.91. The van der Waals surface area contributed by atoms with Crippen LogP contribution < -0.4 is 24.4 Å². The molecule has 3 aliphatic heterocycles. The van der Waals surface area contributed by atoms with E-state index in [0.717, 1.165) is 39.0 Å². The summed E-state index contributed by atoms with van der Waals surface area (Å²) in [4.78, 5) is 38.3. The Hall–Kier alpha value is -5.72. The van der Waals surface area contributed by atoms with Gasteiger partial charge in [-0.2, -0.15) is 0 Å². The SMILES string of the molecule is COc1ccc(-c2c3ccc(=O)cc-3oc3cc(OCc4ccc(OC/C=C/C5=C(C(=O)O)N6C(=O)[C@H](C(C)O)[C@H]6S5)c(OC)c4)ccc23)c(C)c1. The second-order valence-corrected chi connectivity index (χ2v) is 13.6. The Morgan fingerprint density at radius 3 is 2.46 bits per heavy atom. The van der Waals surface area contributed by atoms with Gasteiger partial charge in [0, 0.05) is 33.6 Å². The molecule has 11 nitrogen and oxygen atoms in total. The fourth-order valence-electron chi connectivity index (χ4n) is 6.58. The van der Waals surface area contributed by atoms with Gasteiger partial charge in [-0.1, -0.05) is 23.9 Å². The molecule has 0 radical (unpaired) electrons. The van der Waals surface area contributed by atoms with Crippen molar-refractivity contribution >= 4 is 34.6 Å². The van der Waals surface area contributed by atoms with Gasteiger partial charge in [-0.3, -0.25) is 14.5 Å². The van der Waals surface area contributed by atoms with Crippen LogP contribution in [0.15, 0.2) is 105 Å². The van der Waals surface area contributed by atoms with Crippen LogP contribution in [0.4, 0.5) is 0 Å². The number of rotatable bonds is 12. The number of carboxylic acid groups (broad SMARTS) is 1. The highest BCUT2D eigenvalue weighted by atomic mass is 32.2. The summed E-state index contributed by atoms with van der Waals surface area (Å²) in [5.74, 6) is 0.529. The highest BCUT2D eigenvalue weighted by Crippen LogP contribution is 2.50. The molecule has 2 N–H and O–H groups in total. The lowest BCUT2D eigenvalue weighted by molar-refractivity contribution is -0.156. The molecule has 0 saturated carbocycles. The second kappa shape index (κ2) is 14.1. The molecule has 266 valence electrons. The molecule has 0 spiro atoms. The molecule has 1 unspecified atom stereocenters. The predicted octanol–water partition coefficient (Wildman–Crippen LogP) is 6.61. The number of ether oxygens (including phenoxy) is 4. The van der Waals surface area contributed by atoms with Crippen molar-refractivity contribution in [3.63, 3.8) is 0 Å². The Morgan fingerprint density at radius 2 is 1.73 bits per heavy atom. The second-order valence-electron chi connectivity index (χ2n) is 12.5. The first kappa shape index (κ1) is 34.7. The van der Waals surface area contributed by atoms with Gasteiger partial charge >= 0.3 is 5.97 Å². The number of thioether (sulfide) groups is 1. The lowest BCUT2D eigenvalue weighted by Crippen LogP contribution is -2.60. The maximum absolute atomic E-state index is 12.4. The molecular formula is C40H35NO10S. The van der Waals surface area contributed by atoms with Crippen LogP contribution >= 0.6 is 11.8 Å². The van der Waals surface area contributed by atoms with Crippen molar-refractivity contribution in [2.75, 3.05) is 20.8 Å². The van der Waals surface area contributed by atoms with Crippen LogP contribution in [0.2, 0.25) is 0 Å². The quantitative estimate of drug-likeness (QED) is 0.106. The van der Waals surface area contributed by atoms with Gasteiger partial charge in [-0.15, -0.1) is 0 Å². The number of fused-ring (bicyclic) bond motifs is 3. The van der Waals surface area contributed by atoms with Gasteiger partial charge in [0.05, 0.1) is 26.2 Å². The Balaban J connectivity index is 1.06. The number of methoxy groups -OCH3 is 2. The number of benzene rings is 4. The minimum absolute atomic E-state index is 0.0899. The summed E-state index contributed by atoms with van der Waals surface area (Å²) in [6.45, 7) is 3.88. The van der Waals surface area contributed by atoms with Gasteiger partial charge in [-0.25, -0.2) is 4.79 Å². The largest absolute Gasteiger partial charge is 0.497 e. The molecule has 4 aliphatic rings. The number of aryl methyl sites for hydroxylation is 1. The number of carbonyl (C=O) groups is 2. The molecule has 52 heavy (non-hydrogen) atoms. The number of β-lactam (4-membered cyclic amide) rings is 1. The van der Waals surface area contributed by atoms with Crippen LogP contribution in [-0.2, 0) is 16.2 Å². The van der Waals surface area contributed by atoms with Crippen LogP contribution in [0.25, 0.3) is 33.4 Å². The summed E-state index contributed by atoms with van der Waals surface area (Å²) in [5.41, 5.74) is 4.93. The first-order valence-corrected chi connectivity index (χ1v) is 17.4. The van der Waals surface area contributed by atoms with Gasteiger partial charge in [0.2, 0.25) is 5.91 Å². The molecule has 1 amide bonds. The summed E-state index contributed by atoms with van der Waals surface area (Å²) in [6, 6.07) is 21.8. The zero-order valence-corrected chi connectivity index (χ0v) is 29.6. The zero-order valence-electron chi connectivity index (χ0n) is 28.7. The molecule has 3 aromatic carbocycles. The lowest BCUT2D eigenvalue weighted by Gasteiger charge is -2.43. The third-order valence-electron chi connectivity index (χ3n) is 9.13. The molecule has 3 aromatic rings. The molecule has 1 aliphatic carbocycles. The Labute approximate surface area is 303 Å². The van der Waals surface area contributed by atoms with E-state index in [-0.39, 0.29) is 24.3 Å². The Kier molecular flexibility index (Phi) is 9.43. The van der Waals surface area contributed by atoms with Gasteiger partial charge in [-0.05, 0) is 91.2 Å². The summed E-state index contributed by atoms with van der Waals surface area (Å²) >= 11 is 1.24. The van der Waals surface area contributed by atoms with Crippen LogP contribution in [0, 0.1) is 12.8 Å². The Bertz CT molecular complexity index is 2310. The van der Waals surface area contributed by atoms with Gasteiger partial charge in [0.15, 0.2) is 16.9 Å². The van der Waals surface area contributed by atoms with Crippen molar-refractivity contribution in [1.82, 2.24) is 4.90 Å². The molecule has 0 bridgehead atoms. The standard InChI is InChI=1S/C40H35NO10S/c1-21-16-25(47-3)9-12-27(21)36-28-11-8-24(43)18-31(28)51-32-19-26(10-13-29(32)36)50-20-23-7-14-30(33(17-23)48-4)49-15-5-6-34-37(40(45)46)41-38(44)35(22(2)42)39(41)52-34/h5-14,16-19,22,35,39,42H,15,20H2,1-4H3,(H,45,46)/b6-5+/t22?,35-,39+/m0/s1. The maximum Gasteiger partial charge on any atom is 0.353 e. The summed E-state index contributed by atoms with van der Waals surface area (Å²) < 4.78 is 29.3. The highest BCUT2D eigenvalue weighted by molar-refractivity contribution is 8.04. The van der Waals surface area contributed by atoms with E-state index in [0.29, 0.717) is 33.5 Å². The molecule has 1 saturated heterocycles. The monoisotopic (exact) mass is 721 g/mol. The summed E-state index contributed by atoms with van der Waals surface area (Å²) in [7, 11) is 3.17. The number of allylic oxidation sites excluding steroid dienone is 1. The minimum Gasteiger partial charge on any atom is -0.497 e. The summed E-state index contributed by atoms with van der Waals surface area (Å²) in [5, 5.41) is 20.1. The number of aliphatic carboxylic acids is 1. The van der Waals surface area contributed by atoms with Crippen LogP contribution in [-0.4, -0.2) is 59.3 Å². The molecule has 1 fully saturated rings. The van der Waals surface area contributed by atoms with Crippen molar-refractivity contribution in [2.45, 2.75) is 31.9 Å². The molecular weight excluding hydrogens is 687 g/mol. The van der Waals surface area contributed by atoms with Crippen molar-refractivity contribution in [3.8, 4) is 45.4 Å². The number of aliphatic hydroxyl groups excluding tert-OH is 1. The number of amides is 1.